The number of carbonyl (C=O) groups excluding carboxylic acids is 1. The van der Waals surface area contributed by atoms with Crippen molar-refractivity contribution < 1.29 is 9.53 Å². The summed E-state index contributed by atoms with van der Waals surface area (Å²) in [4.78, 5) is 15.3. The molecule has 0 spiro atoms. The molecule has 0 bridgehead atoms. The van der Waals surface area contributed by atoms with Gasteiger partial charge in [0.05, 0.1) is 7.11 Å². The lowest BCUT2D eigenvalue weighted by atomic mass is 9.90. The van der Waals surface area contributed by atoms with Crippen molar-refractivity contribution >= 4 is 16.6 Å². The molecule has 0 aliphatic heterocycles. The third-order valence-electron chi connectivity index (χ3n) is 4.61. The van der Waals surface area contributed by atoms with Crippen LogP contribution in [0.3, 0.4) is 0 Å². The molecule has 3 aromatic rings. The molecule has 3 aromatic carbocycles. The molecular weight excluding hydrogens is 322 g/mol. The van der Waals surface area contributed by atoms with Gasteiger partial charge in [-0.15, -0.1) is 0 Å². The van der Waals surface area contributed by atoms with Crippen LogP contribution in [0.1, 0.15) is 15.9 Å². The van der Waals surface area contributed by atoms with Gasteiger partial charge >= 0.3 is 0 Å². The summed E-state index contributed by atoms with van der Waals surface area (Å²) in [7, 11) is 5.68. The fourth-order valence-electron chi connectivity index (χ4n) is 3.32. The smallest absolute Gasteiger partial charge is 0.167 e. The minimum atomic E-state index is -0.0666. The standard InChI is InChI=1S/C23H25NO2/c1-24(2)16-21(13-17-7-5-4-6-8-17)23(25)20-10-9-19-15-22(26-3)12-11-18(19)14-20/h4-12,14-15,21H,13,16H2,1-3H3/t21-/m0/s1. The predicted molar refractivity (Wildman–Crippen MR) is 107 cm³/mol. The molecule has 0 N–H and O–H groups in total. The highest BCUT2D eigenvalue weighted by Gasteiger charge is 2.21. The molecule has 0 fully saturated rings. The summed E-state index contributed by atoms with van der Waals surface area (Å²) in [5.41, 5.74) is 1.96. The first kappa shape index (κ1) is 18.2. The lowest BCUT2D eigenvalue weighted by Crippen LogP contribution is -2.29. The van der Waals surface area contributed by atoms with Crippen molar-refractivity contribution in [2.24, 2.45) is 5.92 Å². The Morgan fingerprint density at radius 1 is 0.962 bits per heavy atom. The number of methoxy groups -OCH3 is 1. The molecular formula is C23H25NO2. The number of fused-ring (bicyclic) bond motifs is 1. The molecule has 0 aromatic heterocycles. The molecule has 0 unspecified atom stereocenters. The van der Waals surface area contributed by atoms with E-state index in [1.807, 2.05) is 68.7 Å². The summed E-state index contributed by atoms with van der Waals surface area (Å²) in [6.45, 7) is 0.731. The highest BCUT2D eigenvalue weighted by atomic mass is 16.5. The number of Topliss-reactive ketones (excluding diaryl/α,β-unsaturated/α-hetero) is 1. The SMILES string of the molecule is COc1ccc2cc(C(=O)[C@@H](Cc3ccccc3)CN(C)C)ccc2c1. The Morgan fingerprint density at radius 3 is 2.35 bits per heavy atom. The minimum absolute atomic E-state index is 0.0666. The van der Waals surface area contributed by atoms with Crippen LogP contribution in [-0.4, -0.2) is 38.4 Å². The largest absolute Gasteiger partial charge is 0.497 e. The Hall–Kier alpha value is -2.65. The van der Waals surface area contributed by atoms with E-state index in [0.717, 1.165) is 35.1 Å². The number of hydrogen-bond acceptors (Lipinski definition) is 3. The van der Waals surface area contributed by atoms with Gasteiger partial charge in [0.1, 0.15) is 5.75 Å². The number of ether oxygens (including phenoxy) is 1. The fourth-order valence-corrected chi connectivity index (χ4v) is 3.32. The monoisotopic (exact) mass is 347 g/mol. The van der Waals surface area contributed by atoms with Crippen LogP contribution >= 0.6 is 0 Å². The highest BCUT2D eigenvalue weighted by molar-refractivity contribution is 6.01. The average molecular weight is 347 g/mol. The molecule has 0 aliphatic carbocycles. The summed E-state index contributed by atoms with van der Waals surface area (Å²) in [5.74, 6) is 0.953. The average Bonchev–Trinajstić information content (AvgIpc) is 2.66. The number of benzene rings is 3. The van der Waals surface area contributed by atoms with E-state index < -0.39 is 0 Å². The maximum absolute atomic E-state index is 13.2. The lowest BCUT2D eigenvalue weighted by Gasteiger charge is -2.20. The zero-order valence-corrected chi connectivity index (χ0v) is 15.6. The maximum Gasteiger partial charge on any atom is 0.167 e. The Labute approximate surface area is 155 Å². The summed E-state index contributed by atoms with van der Waals surface area (Å²) in [6, 6.07) is 22.1. The van der Waals surface area contributed by atoms with Crippen LogP contribution in [0.4, 0.5) is 0 Å². The summed E-state index contributed by atoms with van der Waals surface area (Å²) < 4.78 is 5.28. The third kappa shape index (κ3) is 4.30. The quantitative estimate of drug-likeness (QED) is 0.591. The van der Waals surface area contributed by atoms with Crippen LogP contribution in [0.15, 0.2) is 66.7 Å². The maximum atomic E-state index is 13.2. The lowest BCUT2D eigenvalue weighted by molar-refractivity contribution is 0.0897. The van der Waals surface area contributed by atoms with Gasteiger partial charge in [-0.05, 0) is 55.1 Å². The van der Waals surface area contributed by atoms with Crippen molar-refractivity contribution in [1.82, 2.24) is 4.90 Å². The van der Waals surface area contributed by atoms with Crippen LogP contribution in [-0.2, 0) is 6.42 Å². The first-order valence-corrected chi connectivity index (χ1v) is 8.87. The Kier molecular flexibility index (Phi) is 5.69. The number of carbonyl (C=O) groups is 1. The van der Waals surface area contributed by atoms with Crippen molar-refractivity contribution in [3.63, 3.8) is 0 Å². The second-order valence-corrected chi connectivity index (χ2v) is 6.94. The van der Waals surface area contributed by atoms with Gasteiger partial charge in [-0.25, -0.2) is 0 Å². The van der Waals surface area contributed by atoms with E-state index in [4.69, 9.17) is 4.74 Å². The van der Waals surface area contributed by atoms with E-state index in [-0.39, 0.29) is 11.7 Å². The van der Waals surface area contributed by atoms with Crippen LogP contribution in [0.5, 0.6) is 5.75 Å². The summed E-state index contributed by atoms with van der Waals surface area (Å²) >= 11 is 0. The van der Waals surface area contributed by atoms with E-state index in [1.165, 1.54) is 5.56 Å². The van der Waals surface area contributed by atoms with Crippen LogP contribution in [0.25, 0.3) is 10.8 Å². The van der Waals surface area contributed by atoms with Gasteiger partial charge in [0.2, 0.25) is 0 Å². The Balaban J connectivity index is 1.88. The van der Waals surface area contributed by atoms with Crippen molar-refractivity contribution in [2.75, 3.05) is 27.7 Å². The summed E-state index contributed by atoms with van der Waals surface area (Å²) in [6.07, 6.45) is 0.749. The summed E-state index contributed by atoms with van der Waals surface area (Å²) in [5, 5.41) is 2.13. The molecule has 0 saturated carbocycles. The van der Waals surface area contributed by atoms with Gasteiger partial charge in [0, 0.05) is 18.0 Å². The second kappa shape index (κ2) is 8.15. The third-order valence-corrected chi connectivity index (χ3v) is 4.61. The van der Waals surface area contributed by atoms with Crippen molar-refractivity contribution in [3.05, 3.63) is 77.9 Å². The van der Waals surface area contributed by atoms with E-state index in [9.17, 15) is 4.79 Å². The Morgan fingerprint density at radius 2 is 1.65 bits per heavy atom. The molecule has 3 nitrogen and oxygen atoms in total. The molecule has 0 amide bonds. The molecule has 134 valence electrons. The molecule has 3 rings (SSSR count). The first-order chi connectivity index (χ1) is 12.6. The van der Waals surface area contributed by atoms with Gasteiger partial charge in [-0.2, -0.15) is 0 Å². The van der Waals surface area contributed by atoms with Gasteiger partial charge in [-0.1, -0.05) is 48.5 Å². The van der Waals surface area contributed by atoms with E-state index in [2.05, 4.69) is 17.0 Å². The molecule has 3 heteroatoms. The minimum Gasteiger partial charge on any atom is -0.497 e. The predicted octanol–water partition coefficient (Wildman–Crippen LogP) is 4.45. The van der Waals surface area contributed by atoms with Gasteiger partial charge < -0.3 is 9.64 Å². The molecule has 0 aliphatic rings. The molecule has 0 radical (unpaired) electrons. The van der Waals surface area contributed by atoms with E-state index >= 15 is 0 Å². The Bertz CT molecular complexity index is 887. The molecule has 26 heavy (non-hydrogen) atoms. The number of hydrogen-bond donors (Lipinski definition) is 0. The number of nitrogens with zero attached hydrogens (tertiary/aromatic N) is 1. The van der Waals surface area contributed by atoms with Gasteiger partial charge in [-0.3, -0.25) is 4.79 Å². The van der Waals surface area contributed by atoms with Gasteiger partial charge in [0.25, 0.3) is 0 Å². The van der Waals surface area contributed by atoms with Crippen molar-refractivity contribution in [1.29, 1.82) is 0 Å². The normalized spacial score (nSPS) is 12.3. The zero-order chi connectivity index (χ0) is 18.5. The first-order valence-electron chi connectivity index (χ1n) is 8.87. The molecule has 0 saturated heterocycles. The van der Waals surface area contributed by atoms with Crippen molar-refractivity contribution in [3.8, 4) is 5.75 Å². The van der Waals surface area contributed by atoms with Crippen molar-refractivity contribution in [2.45, 2.75) is 6.42 Å². The van der Waals surface area contributed by atoms with Crippen LogP contribution in [0.2, 0.25) is 0 Å². The zero-order valence-electron chi connectivity index (χ0n) is 15.6. The van der Waals surface area contributed by atoms with Crippen LogP contribution < -0.4 is 4.74 Å². The molecule has 1 atom stereocenters. The fraction of sp³-hybridized carbons (Fsp3) is 0.261. The van der Waals surface area contributed by atoms with Gasteiger partial charge in [0.15, 0.2) is 5.78 Å². The highest BCUT2D eigenvalue weighted by Crippen LogP contribution is 2.24. The second-order valence-electron chi connectivity index (χ2n) is 6.94. The molecule has 0 heterocycles. The topological polar surface area (TPSA) is 29.5 Å². The number of rotatable bonds is 7. The van der Waals surface area contributed by atoms with E-state index in [0.29, 0.717) is 0 Å². The van der Waals surface area contributed by atoms with E-state index in [1.54, 1.807) is 7.11 Å². The number of ketones is 1. The van der Waals surface area contributed by atoms with Crippen LogP contribution in [0, 0.1) is 5.92 Å².